The molecule has 0 radical (unpaired) electrons. The normalized spacial score (nSPS) is 16.9. The van der Waals surface area contributed by atoms with E-state index < -0.39 is 10.0 Å². The van der Waals surface area contributed by atoms with Crippen LogP contribution in [-0.4, -0.2) is 43.3 Å². The maximum Gasteiger partial charge on any atom is 0.243 e. The molecule has 1 aromatic carbocycles. The quantitative estimate of drug-likeness (QED) is 0.917. The van der Waals surface area contributed by atoms with Gasteiger partial charge in [0.1, 0.15) is 6.54 Å². The lowest BCUT2D eigenvalue weighted by Gasteiger charge is -2.20. The monoisotopic (exact) mass is 349 g/mol. The molecule has 1 fully saturated rings. The van der Waals surface area contributed by atoms with Crippen molar-refractivity contribution in [3.8, 4) is 0 Å². The Balaban J connectivity index is 1.91. The fraction of sp³-hybridized carbons (Fsp3) is 0.471. The summed E-state index contributed by atoms with van der Waals surface area (Å²) in [6, 6.07) is 6.97. The van der Waals surface area contributed by atoms with Crippen molar-refractivity contribution in [3.63, 3.8) is 0 Å². The number of carbonyl (C=O) groups is 1. The van der Waals surface area contributed by atoms with Gasteiger partial charge in [-0.2, -0.15) is 4.31 Å². The Morgan fingerprint density at radius 1 is 1.12 bits per heavy atom. The average Bonchev–Trinajstić information content (AvgIpc) is 2.79. The number of aromatic nitrogens is 1. The summed E-state index contributed by atoms with van der Waals surface area (Å²) >= 11 is 0. The molecule has 0 saturated carbocycles. The molecular formula is C17H23N3O3S. The molecule has 1 N–H and O–H groups in total. The highest BCUT2D eigenvalue weighted by atomic mass is 32.2. The summed E-state index contributed by atoms with van der Waals surface area (Å²) in [5.74, 6) is -0.0891. The summed E-state index contributed by atoms with van der Waals surface area (Å²) in [5.41, 5.74) is 0.855. The maximum atomic E-state index is 12.9. The van der Waals surface area contributed by atoms with E-state index in [2.05, 4.69) is 5.32 Å². The lowest BCUT2D eigenvalue weighted by atomic mass is 10.2. The van der Waals surface area contributed by atoms with Gasteiger partial charge in [0, 0.05) is 37.2 Å². The molecule has 0 aliphatic carbocycles. The topological polar surface area (TPSA) is 71.4 Å². The third-order valence-electron chi connectivity index (χ3n) is 4.54. The first kappa shape index (κ1) is 17.0. The van der Waals surface area contributed by atoms with Crippen LogP contribution < -0.4 is 5.32 Å². The minimum atomic E-state index is -3.45. The van der Waals surface area contributed by atoms with Crippen LogP contribution in [0.3, 0.4) is 0 Å². The summed E-state index contributed by atoms with van der Waals surface area (Å²) in [6.07, 6.45) is 5.83. The second-order valence-corrected chi connectivity index (χ2v) is 8.09. The Kier molecular flexibility index (Phi) is 4.91. The van der Waals surface area contributed by atoms with Crippen molar-refractivity contribution < 1.29 is 13.2 Å². The summed E-state index contributed by atoms with van der Waals surface area (Å²) in [7, 11) is -1.85. The fourth-order valence-corrected chi connectivity index (χ4v) is 4.69. The van der Waals surface area contributed by atoms with E-state index in [-0.39, 0.29) is 12.5 Å². The van der Waals surface area contributed by atoms with Crippen LogP contribution in [0, 0.1) is 0 Å². The van der Waals surface area contributed by atoms with Crippen LogP contribution in [0.15, 0.2) is 35.4 Å². The second-order valence-electron chi connectivity index (χ2n) is 6.16. The molecule has 1 aromatic heterocycles. The first-order valence-corrected chi connectivity index (χ1v) is 9.76. The van der Waals surface area contributed by atoms with Crippen molar-refractivity contribution in [2.45, 2.75) is 37.1 Å². The molecule has 1 saturated heterocycles. The molecule has 1 aliphatic heterocycles. The van der Waals surface area contributed by atoms with Gasteiger partial charge in [-0.05, 0) is 37.1 Å². The average molecular weight is 349 g/mol. The highest BCUT2D eigenvalue weighted by molar-refractivity contribution is 7.89. The number of benzene rings is 1. The number of nitrogens with one attached hydrogen (secondary N) is 1. The Hall–Kier alpha value is -1.86. The highest BCUT2D eigenvalue weighted by Gasteiger charge is 2.25. The van der Waals surface area contributed by atoms with E-state index in [0.29, 0.717) is 18.0 Å². The zero-order valence-electron chi connectivity index (χ0n) is 13.9. The summed E-state index contributed by atoms with van der Waals surface area (Å²) in [5, 5.41) is 3.42. The van der Waals surface area contributed by atoms with Crippen LogP contribution in [0.1, 0.15) is 25.7 Å². The summed E-state index contributed by atoms with van der Waals surface area (Å²) in [4.78, 5) is 11.9. The number of rotatable bonds is 4. The van der Waals surface area contributed by atoms with Crippen LogP contribution in [-0.2, 0) is 21.4 Å². The Bertz CT molecular complexity index is 834. The van der Waals surface area contributed by atoms with Gasteiger partial charge >= 0.3 is 0 Å². The van der Waals surface area contributed by atoms with Gasteiger partial charge in [0.2, 0.25) is 15.9 Å². The molecule has 1 amide bonds. The molecule has 3 rings (SSSR count). The Morgan fingerprint density at radius 2 is 1.83 bits per heavy atom. The minimum Gasteiger partial charge on any atom is -0.358 e. The number of likely N-dealkylation sites (N-methyl/N-ethyl adjacent to an activating group) is 1. The molecule has 0 atom stereocenters. The number of amides is 1. The zero-order valence-corrected chi connectivity index (χ0v) is 14.7. The number of fused-ring (bicyclic) bond motifs is 1. The third kappa shape index (κ3) is 3.32. The van der Waals surface area contributed by atoms with Crippen LogP contribution in [0.25, 0.3) is 10.9 Å². The van der Waals surface area contributed by atoms with Gasteiger partial charge in [0.15, 0.2) is 0 Å². The predicted molar refractivity (Wildman–Crippen MR) is 93.2 cm³/mol. The summed E-state index contributed by atoms with van der Waals surface area (Å²) in [6.45, 7) is 1.41. The van der Waals surface area contributed by atoms with E-state index in [0.717, 1.165) is 36.6 Å². The molecule has 0 spiro atoms. The summed E-state index contributed by atoms with van der Waals surface area (Å²) < 4.78 is 29.2. The molecule has 6 nitrogen and oxygen atoms in total. The lowest BCUT2D eigenvalue weighted by Crippen LogP contribution is -2.31. The number of sulfonamides is 1. The number of hydrogen-bond donors (Lipinski definition) is 1. The van der Waals surface area contributed by atoms with Crippen molar-refractivity contribution in [1.29, 1.82) is 0 Å². The van der Waals surface area contributed by atoms with Crippen molar-refractivity contribution in [2.75, 3.05) is 20.1 Å². The van der Waals surface area contributed by atoms with Crippen LogP contribution in [0.2, 0.25) is 0 Å². The van der Waals surface area contributed by atoms with Gasteiger partial charge < -0.3 is 9.88 Å². The molecule has 130 valence electrons. The van der Waals surface area contributed by atoms with Crippen molar-refractivity contribution >= 4 is 26.8 Å². The highest BCUT2D eigenvalue weighted by Crippen LogP contribution is 2.24. The van der Waals surface area contributed by atoms with E-state index >= 15 is 0 Å². The molecule has 24 heavy (non-hydrogen) atoms. The van der Waals surface area contributed by atoms with Gasteiger partial charge in [-0.1, -0.05) is 12.8 Å². The molecule has 2 aromatic rings. The van der Waals surface area contributed by atoms with Crippen molar-refractivity contribution in [2.24, 2.45) is 0 Å². The first-order chi connectivity index (χ1) is 11.5. The molecule has 0 bridgehead atoms. The van der Waals surface area contributed by atoms with Crippen LogP contribution in [0.4, 0.5) is 0 Å². The van der Waals surface area contributed by atoms with E-state index in [9.17, 15) is 13.2 Å². The van der Waals surface area contributed by atoms with Crippen molar-refractivity contribution in [1.82, 2.24) is 14.2 Å². The minimum absolute atomic E-state index is 0.0891. The SMILES string of the molecule is CNC(=O)Cn1ccc2cc(S(=O)(=O)N3CCCCCC3)ccc21. The predicted octanol–water partition coefficient (Wildman–Crippen LogP) is 1.95. The zero-order chi connectivity index (χ0) is 17.2. The lowest BCUT2D eigenvalue weighted by molar-refractivity contribution is -0.121. The number of hydrogen-bond acceptors (Lipinski definition) is 3. The van der Waals surface area contributed by atoms with Gasteiger partial charge in [0.25, 0.3) is 0 Å². The number of nitrogens with zero attached hydrogens (tertiary/aromatic N) is 2. The van der Waals surface area contributed by atoms with E-state index in [1.54, 1.807) is 29.6 Å². The van der Waals surface area contributed by atoms with Gasteiger partial charge in [-0.3, -0.25) is 4.79 Å². The van der Waals surface area contributed by atoms with E-state index in [1.165, 1.54) is 0 Å². The molecular weight excluding hydrogens is 326 g/mol. The van der Waals surface area contributed by atoms with Crippen LogP contribution >= 0.6 is 0 Å². The Morgan fingerprint density at radius 3 is 2.50 bits per heavy atom. The standard InChI is InChI=1S/C17H23N3O3S/c1-18-17(21)13-19-11-8-14-12-15(6-7-16(14)19)24(22,23)20-9-4-2-3-5-10-20/h6-8,11-12H,2-5,9-10,13H2,1H3,(H,18,21). The smallest absolute Gasteiger partial charge is 0.243 e. The van der Waals surface area contributed by atoms with Gasteiger partial charge in [0.05, 0.1) is 4.90 Å². The fourth-order valence-electron chi connectivity index (χ4n) is 3.14. The number of carbonyl (C=O) groups excluding carboxylic acids is 1. The third-order valence-corrected chi connectivity index (χ3v) is 6.43. The molecule has 0 unspecified atom stereocenters. The van der Waals surface area contributed by atoms with Crippen molar-refractivity contribution in [3.05, 3.63) is 30.5 Å². The molecule has 7 heteroatoms. The molecule has 2 heterocycles. The van der Waals surface area contributed by atoms with E-state index in [1.807, 2.05) is 16.8 Å². The van der Waals surface area contributed by atoms with Crippen LogP contribution in [0.5, 0.6) is 0 Å². The second kappa shape index (κ2) is 6.94. The van der Waals surface area contributed by atoms with Gasteiger partial charge in [-0.25, -0.2) is 8.42 Å². The Labute approximate surface area is 142 Å². The first-order valence-electron chi connectivity index (χ1n) is 8.32. The van der Waals surface area contributed by atoms with E-state index in [4.69, 9.17) is 0 Å². The molecule has 1 aliphatic rings. The largest absolute Gasteiger partial charge is 0.358 e. The van der Waals surface area contributed by atoms with Gasteiger partial charge in [-0.15, -0.1) is 0 Å². The maximum absolute atomic E-state index is 12.9.